The van der Waals surface area contributed by atoms with Gasteiger partial charge in [0.15, 0.2) is 0 Å². The molecule has 7 heteroatoms. The molecule has 29 heavy (non-hydrogen) atoms. The summed E-state index contributed by atoms with van der Waals surface area (Å²) in [6, 6.07) is 7.27. The lowest BCUT2D eigenvalue weighted by molar-refractivity contribution is -0.128. The van der Waals surface area contributed by atoms with Crippen LogP contribution < -0.4 is 10.6 Å². The van der Waals surface area contributed by atoms with E-state index in [1.165, 1.54) is 0 Å². The summed E-state index contributed by atoms with van der Waals surface area (Å²) in [6.45, 7) is 5.48. The van der Waals surface area contributed by atoms with Crippen LogP contribution >= 0.6 is 0 Å². The Kier molecular flexibility index (Phi) is 7.25. The number of hydrogen-bond acceptors (Lipinski definition) is 4. The molecule has 2 N–H and O–H groups in total. The maximum atomic E-state index is 12.7. The zero-order valence-electron chi connectivity index (χ0n) is 17.3. The van der Waals surface area contributed by atoms with Crippen LogP contribution in [0.1, 0.15) is 55.5 Å². The molecule has 2 atom stereocenters. The predicted octanol–water partition coefficient (Wildman–Crippen LogP) is 1.86. The standard InChI is InChI=1S/C22H31N3O4/c1-15-13-25(14-16(2)29-15)22(28)19-9-7-17(8-10-19)11-23-20(26)12-24-21(27)18-5-3-4-6-18/h7-10,15-16,18H,3-6,11-14H2,1-2H3,(H,23,26)(H,24,27). The minimum atomic E-state index is -0.215. The molecule has 1 heterocycles. The van der Waals surface area contributed by atoms with E-state index in [-0.39, 0.29) is 42.4 Å². The van der Waals surface area contributed by atoms with Gasteiger partial charge in [0.05, 0.1) is 18.8 Å². The first-order valence-electron chi connectivity index (χ1n) is 10.5. The Balaban J connectivity index is 1.43. The molecule has 0 spiro atoms. The van der Waals surface area contributed by atoms with Crippen LogP contribution in [0.4, 0.5) is 0 Å². The largest absolute Gasteiger partial charge is 0.372 e. The van der Waals surface area contributed by atoms with Crippen molar-refractivity contribution in [3.63, 3.8) is 0 Å². The number of nitrogens with zero attached hydrogens (tertiary/aromatic N) is 1. The first-order chi connectivity index (χ1) is 13.9. The van der Waals surface area contributed by atoms with Gasteiger partial charge in [-0.05, 0) is 44.4 Å². The molecular formula is C22H31N3O4. The van der Waals surface area contributed by atoms with E-state index in [0.29, 0.717) is 25.2 Å². The van der Waals surface area contributed by atoms with Gasteiger partial charge in [0.2, 0.25) is 11.8 Å². The first kappa shape index (κ1) is 21.3. The number of ether oxygens (including phenoxy) is 1. The van der Waals surface area contributed by atoms with Crippen molar-refractivity contribution in [1.29, 1.82) is 0 Å². The Morgan fingerprint density at radius 1 is 1.00 bits per heavy atom. The number of nitrogens with one attached hydrogen (secondary N) is 2. The summed E-state index contributed by atoms with van der Waals surface area (Å²) in [7, 11) is 0. The highest BCUT2D eigenvalue weighted by atomic mass is 16.5. The van der Waals surface area contributed by atoms with Crippen molar-refractivity contribution in [3.8, 4) is 0 Å². The van der Waals surface area contributed by atoms with Crippen molar-refractivity contribution < 1.29 is 19.1 Å². The molecule has 1 aromatic rings. The lowest BCUT2D eigenvalue weighted by Gasteiger charge is -2.35. The van der Waals surface area contributed by atoms with Crippen molar-refractivity contribution in [2.75, 3.05) is 19.6 Å². The van der Waals surface area contributed by atoms with Gasteiger partial charge in [-0.1, -0.05) is 25.0 Å². The molecule has 3 amide bonds. The van der Waals surface area contributed by atoms with Crippen molar-refractivity contribution >= 4 is 17.7 Å². The van der Waals surface area contributed by atoms with Crippen molar-refractivity contribution in [3.05, 3.63) is 35.4 Å². The molecule has 3 rings (SSSR count). The lowest BCUT2D eigenvalue weighted by Crippen LogP contribution is -2.48. The van der Waals surface area contributed by atoms with Gasteiger partial charge >= 0.3 is 0 Å². The van der Waals surface area contributed by atoms with E-state index in [2.05, 4.69) is 10.6 Å². The van der Waals surface area contributed by atoms with E-state index in [1.807, 2.05) is 30.9 Å². The second-order valence-electron chi connectivity index (χ2n) is 8.14. The molecule has 0 aromatic heterocycles. The van der Waals surface area contributed by atoms with Crippen molar-refractivity contribution in [2.45, 2.75) is 58.3 Å². The molecule has 2 aliphatic rings. The zero-order valence-corrected chi connectivity index (χ0v) is 17.3. The molecule has 0 radical (unpaired) electrons. The minimum Gasteiger partial charge on any atom is -0.372 e. The fourth-order valence-corrected chi connectivity index (χ4v) is 4.05. The molecule has 7 nitrogen and oxygen atoms in total. The average molecular weight is 402 g/mol. The average Bonchev–Trinajstić information content (AvgIpc) is 3.24. The number of benzene rings is 1. The van der Waals surface area contributed by atoms with Crippen molar-refractivity contribution in [1.82, 2.24) is 15.5 Å². The molecule has 158 valence electrons. The highest BCUT2D eigenvalue weighted by Crippen LogP contribution is 2.24. The van der Waals surface area contributed by atoms with E-state index in [9.17, 15) is 14.4 Å². The Hall–Kier alpha value is -2.41. The number of carbonyl (C=O) groups is 3. The third kappa shape index (κ3) is 6.03. The molecule has 1 aromatic carbocycles. The van der Waals surface area contributed by atoms with Crippen LogP contribution in [0.25, 0.3) is 0 Å². The lowest BCUT2D eigenvalue weighted by atomic mass is 10.1. The maximum Gasteiger partial charge on any atom is 0.254 e. The van der Waals surface area contributed by atoms with Crippen LogP contribution in [0.5, 0.6) is 0 Å². The topological polar surface area (TPSA) is 87.7 Å². The van der Waals surface area contributed by atoms with Gasteiger partial charge in [-0.2, -0.15) is 0 Å². The highest BCUT2D eigenvalue weighted by molar-refractivity contribution is 5.94. The van der Waals surface area contributed by atoms with Crippen LogP contribution in [0.2, 0.25) is 0 Å². The summed E-state index contributed by atoms with van der Waals surface area (Å²) in [5.41, 5.74) is 1.53. The molecule has 1 saturated carbocycles. The Morgan fingerprint density at radius 2 is 1.62 bits per heavy atom. The van der Waals surface area contributed by atoms with Gasteiger partial charge in [-0.25, -0.2) is 0 Å². The van der Waals surface area contributed by atoms with Gasteiger partial charge in [-0.15, -0.1) is 0 Å². The first-order valence-corrected chi connectivity index (χ1v) is 10.5. The van der Waals surface area contributed by atoms with E-state index < -0.39 is 0 Å². The maximum absolute atomic E-state index is 12.7. The SMILES string of the molecule is CC1CN(C(=O)c2ccc(CNC(=O)CNC(=O)C3CCCC3)cc2)CC(C)O1. The molecule has 2 unspecified atom stereocenters. The number of morpholine rings is 1. The molecule has 0 bridgehead atoms. The summed E-state index contributed by atoms with van der Waals surface area (Å²) >= 11 is 0. The van der Waals surface area contributed by atoms with Crippen LogP contribution in [-0.2, 0) is 20.9 Å². The van der Waals surface area contributed by atoms with E-state index in [0.717, 1.165) is 31.2 Å². The molecule has 1 aliphatic carbocycles. The molecule has 1 aliphatic heterocycles. The van der Waals surface area contributed by atoms with Crippen LogP contribution in [0.3, 0.4) is 0 Å². The fraction of sp³-hybridized carbons (Fsp3) is 0.591. The quantitative estimate of drug-likeness (QED) is 0.762. The number of hydrogen-bond donors (Lipinski definition) is 2. The normalized spacial score (nSPS) is 22.3. The number of rotatable bonds is 6. The smallest absolute Gasteiger partial charge is 0.254 e. The molecular weight excluding hydrogens is 370 g/mol. The zero-order chi connectivity index (χ0) is 20.8. The van der Waals surface area contributed by atoms with Crippen LogP contribution in [0, 0.1) is 5.92 Å². The second kappa shape index (κ2) is 9.87. The van der Waals surface area contributed by atoms with Gasteiger partial charge in [-0.3, -0.25) is 14.4 Å². The number of amides is 3. The summed E-state index contributed by atoms with van der Waals surface area (Å²) in [4.78, 5) is 38.5. The third-order valence-electron chi connectivity index (χ3n) is 5.55. The van der Waals surface area contributed by atoms with Gasteiger partial charge in [0, 0.05) is 31.1 Å². The van der Waals surface area contributed by atoms with Crippen molar-refractivity contribution in [2.24, 2.45) is 5.92 Å². The highest BCUT2D eigenvalue weighted by Gasteiger charge is 2.26. The Bertz CT molecular complexity index is 718. The Labute approximate surface area is 172 Å². The minimum absolute atomic E-state index is 0.000692. The predicted molar refractivity (Wildman–Crippen MR) is 109 cm³/mol. The second-order valence-corrected chi connectivity index (χ2v) is 8.14. The van der Waals surface area contributed by atoms with Gasteiger partial charge in [0.25, 0.3) is 5.91 Å². The van der Waals surface area contributed by atoms with Crippen LogP contribution in [0.15, 0.2) is 24.3 Å². The molecule has 2 fully saturated rings. The molecule has 1 saturated heterocycles. The summed E-state index contributed by atoms with van der Waals surface area (Å²) < 4.78 is 5.68. The summed E-state index contributed by atoms with van der Waals surface area (Å²) in [5.74, 6) is -0.178. The summed E-state index contributed by atoms with van der Waals surface area (Å²) in [5, 5.41) is 5.52. The van der Waals surface area contributed by atoms with Gasteiger partial charge in [0.1, 0.15) is 0 Å². The van der Waals surface area contributed by atoms with Crippen LogP contribution in [-0.4, -0.2) is 54.5 Å². The van der Waals surface area contributed by atoms with E-state index in [4.69, 9.17) is 4.74 Å². The van der Waals surface area contributed by atoms with E-state index in [1.54, 1.807) is 12.1 Å². The summed E-state index contributed by atoms with van der Waals surface area (Å²) in [6.07, 6.45) is 4.08. The van der Waals surface area contributed by atoms with E-state index >= 15 is 0 Å². The Morgan fingerprint density at radius 3 is 2.24 bits per heavy atom. The van der Waals surface area contributed by atoms with Gasteiger partial charge < -0.3 is 20.3 Å². The monoisotopic (exact) mass is 401 g/mol. The third-order valence-corrected chi connectivity index (χ3v) is 5.55. The fourth-order valence-electron chi connectivity index (χ4n) is 4.05. The number of carbonyl (C=O) groups excluding carboxylic acids is 3.